The Balaban J connectivity index is 3.14. The van der Waals surface area contributed by atoms with Crippen molar-refractivity contribution in [2.24, 2.45) is 5.73 Å². The lowest BCUT2D eigenvalue weighted by atomic mass is 10.2. The summed E-state index contributed by atoms with van der Waals surface area (Å²) < 4.78 is 26.7. The molecular formula is C13H20N2O2S2. The average Bonchev–Trinajstić information content (AvgIpc) is 2.28. The molecule has 0 aliphatic rings. The van der Waals surface area contributed by atoms with Crippen molar-refractivity contribution in [2.75, 3.05) is 6.54 Å². The molecule has 19 heavy (non-hydrogen) atoms. The van der Waals surface area contributed by atoms with Crippen LogP contribution in [-0.4, -0.2) is 30.3 Å². The van der Waals surface area contributed by atoms with Crippen LogP contribution >= 0.6 is 12.2 Å². The maximum absolute atomic E-state index is 12.6. The van der Waals surface area contributed by atoms with Crippen LogP contribution in [0.5, 0.6) is 0 Å². The van der Waals surface area contributed by atoms with Gasteiger partial charge in [0.15, 0.2) is 0 Å². The fourth-order valence-corrected chi connectivity index (χ4v) is 3.80. The predicted molar refractivity (Wildman–Crippen MR) is 81.6 cm³/mol. The molecule has 0 heterocycles. The van der Waals surface area contributed by atoms with E-state index in [1.165, 1.54) is 4.31 Å². The molecule has 0 aromatic heterocycles. The van der Waals surface area contributed by atoms with Crippen molar-refractivity contribution in [3.05, 3.63) is 29.8 Å². The van der Waals surface area contributed by atoms with E-state index in [1.54, 1.807) is 25.1 Å². The summed E-state index contributed by atoms with van der Waals surface area (Å²) in [5, 5.41) is 0. The van der Waals surface area contributed by atoms with Crippen LogP contribution in [-0.2, 0) is 10.0 Å². The molecule has 1 rings (SSSR count). The van der Waals surface area contributed by atoms with E-state index in [0.717, 1.165) is 5.56 Å². The molecule has 1 aromatic carbocycles. The lowest BCUT2D eigenvalue weighted by Crippen LogP contribution is -2.39. The zero-order valence-electron chi connectivity index (χ0n) is 11.5. The van der Waals surface area contributed by atoms with Crippen LogP contribution in [0.2, 0.25) is 0 Å². The van der Waals surface area contributed by atoms with Crippen LogP contribution < -0.4 is 5.73 Å². The van der Waals surface area contributed by atoms with Gasteiger partial charge >= 0.3 is 0 Å². The molecule has 0 unspecified atom stereocenters. The smallest absolute Gasteiger partial charge is 0.243 e. The Morgan fingerprint density at radius 1 is 1.37 bits per heavy atom. The van der Waals surface area contributed by atoms with E-state index >= 15 is 0 Å². The molecule has 0 atom stereocenters. The van der Waals surface area contributed by atoms with Crippen molar-refractivity contribution in [2.45, 2.75) is 38.1 Å². The van der Waals surface area contributed by atoms with Gasteiger partial charge in [-0.25, -0.2) is 8.42 Å². The number of hydrogen-bond acceptors (Lipinski definition) is 3. The number of nitrogens with two attached hydrogens (primary N) is 1. The highest BCUT2D eigenvalue weighted by Crippen LogP contribution is 2.21. The molecule has 0 radical (unpaired) electrons. The van der Waals surface area contributed by atoms with Gasteiger partial charge in [-0.2, -0.15) is 4.31 Å². The zero-order chi connectivity index (χ0) is 14.6. The first-order valence-corrected chi connectivity index (χ1v) is 7.97. The molecule has 106 valence electrons. The lowest BCUT2D eigenvalue weighted by Gasteiger charge is -2.26. The third-order valence-corrected chi connectivity index (χ3v) is 5.27. The Labute approximate surface area is 120 Å². The van der Waals surface area contributed by atoms with E-state index in [0.29, 0.717) is 22.8 Å². The standard InChI is InChI=1S/C13H20N2O2S2/c1-10(2)15(9-8-13(14)18)19(16,17)12-7-5-4-6-11(12)3/h4-7,10H,8-9H2,1-3H3,(H2,14,18). The van der Waals surface area contributed by atoms with Crippen molar-refractivity contribution in [1.29, 1.82) is 0 Å². The number of benzene rings is 1. The molecule has 0 aliphatic heterocycles. The minimum Gasteiger partial charge on any atom is -0.393 e. The highest BCUT2D eigenvalue weighted by atomic mass is 32.2. The van der Waals surface area contributed by atoms with Crippen molar-refractivity contribution >= 4 is 27.2 Å². The summed E-state index contributed by atoms with van der Waals surface area (Å²) in [6.07, 6.45) is 0.388. The first kappa shape index (κ1) is 16.1. The highest BCUT2D eigenvalue weighted by Gasteiger charge is 2.27. The summed E-state index contributed by atoms with van der Waals surface area (Å²) in [5.74, 6) is 0. The van der Waals surface area contributed by atoms with Gasteiger partial charge in [0.2, 0.25) is 10.0 Å². The average molecular weight is 300 g/mol. The molecule has 6 heteroatoms. The Hall–Kier alpha value is -0.980. The fraction of sp³-hybridized carbons (Fsp3) is 0.462. The van der Waals surface area contributed by atoms with E-state index in [-0.39, 0.29) is 6.04 Å². The summed E-state index contributed by atoms with van der Waals surface area (Å²) in [6, 6.07) is 6.83. The van der Waals surface area contributed by atoms with Crippen LogP contribution in [0, 0.1) is 6.92 Å². The molecule has 0 spiro atoms. The first-order chi connectivity index (χ1) is 8.76. The second-order valence-electron chi connectivity index (χ2n) is 4.69. The largest absolute Gasteiger partial charge is 0.393 e. The van der Waals surface area contributed by atoms with Gasteiger partial charge in [-0.3, -0.25) is 0 Å². The van der Waals surface area contributed by atoms with Gasteiger partial charge in [0, 0.05) is 19.0 Å². The van der Waals surface area contributed by atoms with E-state index < -0.39 is 10.0 Å². The third kappa shape index (κ3) is 3.99. The topological polar surface area (TPSA) is 63.4 Å². The Kier molecular flexibility index (Phi) is 5.46. The minimum atomic E-state index is -3.51. The Bertz CT molecular complexity index is 554. The summed E-state index contributed by atoms with van der Waals surface area (Å²) in [5.41, 5.74) is 6.20. The molecule has 2 N–H and O–H groups in total. The van der Waals surface area contributed by atoms with Crippen LogP contribution in [0.25, 0.3) is 0 Å². The zero-order valence-corrected chi connectivity index (χ0v) is 13.1. The third-order valence-electron chi connectivity index (χ3n) is 2.83. The van der Waals surface area contributed by atoms with Gasteiger partial charge in [0.1, 0.15) is 0 Å². The van der Waals surface area contributed by atoms with Crippen LogP contribution in [0.4, 0.5) is 0 Å². The normalized spacial score (nSPS) is 12.1. The number of thiocarbonyl (C=S) groups is 1. The van der Waals surface area contributed by atoms with Gasteiger partial charge in [0.05, 0.1) is 9.88 Å². The number of hydrogen-bond donors (Lipinski definition) is 1. The van der Waals surface area contributed by atoms with E-state index in [1.807, 2.05) is 19.9 Å². The maximum Gasteiger partial charge on any atom is 0.243 e. The Morgan fingerprint density at radius 2 is 1.95 bits per heavy atom. The van der Waals surface area contributed by atoms with Crippen LogP contribution in [0.1, 0.15) is 25.8 Å². The highest BCUT2D eigenvalue weighted by molar-refractivity contribution is 7.89. The number of aryl methyl sites for hydroxylation is 1. The number of sulfonamides is 1. The molecule has 1 aromatic rings. The summed E-state index contributed by atoms with van der Waals surface area (Å²) in [6.45, 7) is 5.79. The number of nitrogens with zero attached hydrogens (tertiary/aromatic N) is 1. The second-order valence-corrected chi connectivity index (χ2v) is 7.07. The van der Waals surface area contributed by atoms with Gasteiger partial charge in [-0.15, -0.1) is 0 Å². The summed E-state index contributed by atoms with van der Waals surface area (Å²) in [4.78, 5) is 0.664. The Morgan fingerprint density at radius 3 is 2.42 bits per heavy atom. The molecule has 0 bridgehead atoms. The molecule has 0 amide bonds. The lowest BCUT2D eigenvalue weighted by molar-refractivity contribution is 0.362. The van der Waals surface area contributed by atoms with Gasteiger partial charge < -0.3 is 5.73 Å². The summed E-state index contributed by atoms with van der Waals surface area (Å²) in [7, 11) is -3.51. The van der Waals surface area contributed by atoms with E-state index in [2.05, 4.69) is 0 Å². The molecule has 0 saturated carbocycles. The molecule has 0 saturated heterocycles. The van der Waals surface area contributed by atoms with Crippen molar-refractivity contribution in [3.63, 3.8) is 0 Å². The quantitative estimate of drug-likeness (QED) is 0.817. The minimum absolute atomic E-state index is 0.140. The van der Waals surface area contributed by atoms with Crippen molar-refractivity contribution < 1.29 is 8.42 Å². The second kappa shape index (κ2) is 6.45. The number of rotatable bonds is 6. The molecular weight excluding hydrogens is 280 g/mol. The molecule has 4 nitrogen and oxygen atoms in total. The monoisotopic (exact) mass is 300 g/mol. The van der Waals surface area contributed by atoms with Crippen LogP contribution in [0.15, 0.2) is 29.2 Å². The SMILES string of the molecule is Cc1ccccc1S(=O)(=O)N(CCC(N)=S)C(C)C. The predicted octanol–water partition coefficient (Wildman–Crippen LogP) is 2.07. The molecule has 0 fully saturated rings. The maximum atomic E-state index is 12.6. The summed E-state index contributed by atoms with van der Waals surface area (Å²) >= 11 is 4.82. The van der Waals surface area contributed by atoms with Gasteiger partial charge in [-0.05, 0) is 32.4 Å². The van der Waals surface area contributed by atoms with Gasteiger partial charge in [0.25, 0.3) is 0 Å². The first-order valence-electron chi connectivity index (χ1n) is 6.12. The van der Waals surface area contributed by atoms with Crippen LogP contribution in [0.3, 0.4) is 0 Å². The fourth-order valence-electron chi connectivity index (χ4n) is 1.85. The van der Waals surface area contributed by atoms with Crippen molar-refractivity contribution in [1.82, 2.24) is 4.31 Å². The van der Waals surface area contributed by atoms with E-state index in [9.17, 15) is 8.42 Å². The van der Waals surface area contributed by atoms with Gasteiger partial charge in [-0.1, -0.05) is 30.4 Å². The molecule has 0 aliphatic carbocycles. The van der Waals surface area contributed by atoms with Crippen molar-refractivity contribution in [3.8, 4) is 0 Å². The van der Waals surface area contributed by atoms with E-state index in [4.69, 9.17) is 18.0 Å².